The topological polar surface area (TPSA) is 110 Å². The molecular weight excluding hydrogens is 446 g/mol. The highest BCUT2D eigenvalue weighted by atomic mass is 16.5. The molecule has 1 saturated carbocycles. The molecule has 0 unspecified atom stereocenters. The second-order valence-corrected chi connectivity index (χ2v) is 9.31. The average molecular weight is 478 g/mol. The van der Waals surface area contributed by atoms with Crippen LogP contribution in [0.15, 0.2) is 41.6 Å². The van der Waals surface area contributed by atoms with E-state index in [1.54, 1.807) is 24.7 Å². The smallest absolute Gasteiger partial charge is 0.268 e. The summed E-state index contributed by atoms with van der Waals surface area (Å²) in [6, 6.07) is 5.49. The van der Waals surface area contributed by atoms with E-state index in [2.05, 4.69) is 20.2 Å². The van der Waals surface area contributed by atoms with E-state index in [1.165, 1.54) is 23.8 Å². The molecule has 3 aromatic rings. The number of hydrogen-bond donors (Lipinski definition) is 2. The number of carbonyl (C=O) groups excluding carboxylic acids is 1. The number of hydrogen-bond acceptors (Lipinski definition) is 7. The normalized spacial score (nSPS) is 16.8. The molecule has 184 valence electrons. The molecule has 1 amide bonds. The maximum Gasteiger partial charge on any atom is 0.268 e. The van der Waals surface area contributed by atoms with Gasteiger partial charge in [0.2, 0.25) is 0 Å². The molecule has 35 heavy (non-hydrogen) atoms. The van der Waals surface area contributed by atoms with Gasteiger partial charge in [0, 0.05) is 62.4 Å². The standard InChI is InChI=1S/C26H31N5O4/c32-23-21-15-20(19-5-2-7-27-16-19)17-29-24(21)31(10-9-30-11-13-35-14-12-30)26(34)22(23)25(33)28-8-6-18-3-1-4-18/h2,5,7,15-18,32H,1,3-4,6,8-14H2,(H,28,33). The van der Waals surface area contributed by atoms with Crippen LogP contribution in [0, 0.1) is 5.92 Å². The van der Waals surface area contributed by atoms with Crippen LogP contribution >= 0.6 is 0 Å². The maximum atomic E-state index is 13.5. The van der Waals surface area contributed by atoms with E-state index < -0.39 is 11.5 Å². The van der Waals surface area contributed by atoms with Crippen molar-refractivity contribution in [1.29, 1.82) is 0 Å². The molecule has 5 rings (SSSR count). The lowest BCUT2D eigenvalue weighted by Crippen LogP contribution is -2.40. The second kappa shape index (κ2) is 10.5. The summed E-state index contributed by atoms with van der Waals surface area (Å²) < 4.78 is 6.93. The molecule has 1 saturated heterocycles. The lowest BCUT2D eigenvalue weighted by Gasteiger charge is -2.27. The fourth-order valence-corrected chi connectivity index (χ4v) is 4.74. The van der Waals surface area contributed by atoms with Crippen LogP contribution in [0.25, 0.3) is 22.2 Å². The van der Waals surface area contributed by atoms with E-state index >= 15 is 0 Å². The van der Waals surface area contributed by atoms with E-state index in [0.717, 1.165) is 30.6 Å². The van der Waals surface area contributed by atoms with Gasteiger partial charge in [0.05, 0.1) is 18.6 Å². The summed E-state index contributed by atoms with van der Waals surface area (Å²) in [5, 5.41) is 14.3. The molecular formula is C26H31N5O4. The Bertz CT molecular complexity index is 1250. The molecule has 1 aliphatic carbocycles. The van der Waals surface area contributed by atoms with Gasteiger partial charge in [-0.2, -0.15) is 0 Å². The molecule has 1 aliphatic heterocycles. The predicted molar refractivity (Wildman–Crippen MR) is 132 cm³/mol. The highest BCUT2D eigenvalue weighted by molar-refractivity contribution is 6.02. The zero-order valence-corrected chi connectivity index (χ0v) is 19.8. The largest absolute Gasteiger partial charge is 0.506 e. The molecule has 2 N–H and O–H groups in total. The van der Waals surface area contributed by atoms with E-state index in [-0.39, 0.29) is 11.3 Å². The number of morpholine rings is 1. The third kappa shape index (κ3) is 5.06. The Labute approximate surface area is 203 Å². The minimum absolute atomic E-state index is 0.224. The van der Waals surface area contributed by atoms with Gasteiger partial charge in [-0.3, -0.25) is 24.0 Å². The number of rotatable bonds is 8. The highest BCUT2D eigenvalue weighted by Gasteiger charge is 2.25. The van der Waals surface area contributed by atoms with E-state index in [1.807, 2.05) is 12.1 Å². The van der Waals surface area contributed by atoms with Crippen LogP contribution in [-0.2, 0) is 11.3 Å². The number of amides is 1. The Hall–Kier alpha value is -3.30. The van der Waals surface area contributed by atoms with Gasteiger partial charge in [0.1, 0.15) is 17.0 Å². The van der Waals surface area contributed by atoms with Gasteiger partial charge < -0.3 is 15.2 Å². The Balaban J connectivity index is 1.51. The molecule has 3 aromatic heterocycles. The number of fused-ring (bicyclic) bond motifs is 1. The second-order valence-electron chi connectivity index (χ2n) is 9.31. The molecule has 0 bridgehead atoms. The van der Waals surface area contributed by atoms with Gasteiger partial charge in [-0.25, -0.2) is 4.98 Å². The fraction of sp³-hybridized carbons (Fsp3) is 0.462. The maximum absolute atomic E-state index is 13.5. The molecule has 0 atom stereocenters. The molecule has 2 aliphatic rings. The van der Waals surface area contributed by atoms with Gasteiger partial charge in [0.15, 0.2) is 0 Å². The van der Waals surface area contributed by atoms with Crippen molar-refractivity contribution in [2.75, 3.05) is 39.4 Å². The fourth-order valence-electron chi connectivity index (χ4n) is 4.74. The van der Waals surface area contributed by atoms with Crippen molar-refractivity contribution < 1.29 is 14.6 Å². The number of ether oxygens (including phenoxy) is 1. The summed E-state index contributed by atoms with van der Waals surface area (Å²) >= 11 is 0. The first kappa shape index (κ1) is 23.4. The van der Waals surface area contributed by atoms with Crippen molar-refractivity contribution in [2.45, 2.75) is 32.2 Å². The van der Waals surface area contributed by atoms with E-state index in [9.17, 15) is 14.7 Å². The summed E-state index contributed by atoms with van der Waals surface area (Å²) in [5.74, 6) is -0.232. The SMILES string of the molecule is O=C(NCCC1CCC1)c1c(O)c2cc(-c3cccnc3)cnc2n(CCN2CCOCC2)c1=O. The Kier molecular flexibility index (Phi) is 7.06. The van der Waals surface area contributed by atoms with Gasteiger partial charge in [-0.1, -0.05) is 25.3 Å². The van der Waals surface area contributed by atoms with Crippen LogP contribution in [0.4, 0.5) is 0 Å². The summed E-state index contributed by atoms with van der Waals surface area (Å²) in [6.45, 7) is 4.37. The van der Waals surface area contributed by atoms with Crippen molar-refractivity contribution in [3.8, 4) is 16.9 Å². The van der Waals surface area contributed by atoms with Crippen LogP contribution in [0.3, 0.4) is 0 Å². The van der Waals surface area contributed by atoms with Crippen molar-refractivity contribution in [1.82, 2.24) is 24.8 Å². The number of nitrogens with zero attached hydrogens (tertiary/aromatic N) is 4. The van der Waals surface area contributed by atoms with Crippen molar-refractivity contribution in [3.63, 3.8) is 0 Å². The monoisotopic (exact) mass is 477 g/mol. The van der Waals surface area contributed by atoms with Crippen molar-refractivity contribution >= 4 is 16.9 Å². The number of aromatic hydroxyl groups is 1. The van der Waals surface area contributed by atoms with Crippen LogP contribution in [-0.4, -0.2) is 69.8 Å². The number of carbonyl (C=O) groups is 1. The van der Waals surface area contributed by atoms with Crippen LogP contribution < -0.4 is 10.9 Å². The molecule has 0 aromatic carbocycles. The summed E-state index contributed by atoms with van der Waals surface area (Å²) in [5.41, 5.74) is 1.19. The predicted octanol–water partition coefficient (Wildman–Crippen LogP) is 2.42. The Morgan fingerprint density at radius 3 is 2.71 bits per heavy atom. The molecule has 2 fully saturated rings. The summed E-state index contributed by atoms with van der Waals surface area (Å²) in [4.78, 5) is 37.5. The lowest BCUT2D eigenvalue weighted by molar-refractivity contribution is 0.0364. The van der Waals surface area contributed by atoms with Crippen LogP contribution in [0.1, 0.15) is 36.0 Å². The third-order valence-electron chi connectivity index (χ3n) is 7.10. The quantitative estimate of drug-likeness (QED) is 0.513. The molecule has 0 radical (unpaired) electrons. The zero-order chi connectivity index (χ0) is 24.2. The van der Waals surface area contributed by atoms with Crippen molar-refractivity contribution in [3.05, 3.63) is 52.7 Å². The third-order valence-corrected chi connectivity index (χ3v) is 7.10. The Morgan fingerprint density at radius 1 is 1.17 bits per heavy atom. The Morgan fingerprint density at radius 2 is 2.00 bits per heavy atom. The van der Waals surface area contributed by atoms with Crippen LogP contribution in [0.2, 0.25) is 0 Å². The van der Waals surface area contributed by atoms with Gasteiger partial charge >= 0.3 is 0 Å². The summed E-state index contributed by atoms with van der Waals surface area (Å²) in [7, 11) is 0. The highest BCUT2D eigenvalue weighted by Crippen LogP contribution is 2.30. The van der Waals surface area contributed by atoms with Crippen molar-refractivity contribution in [2.24, 2.45) is 5.92 Å². The molecule has 9 heteroatoms. The summed E-state index contributed by atoms with van der Waals surface area (Å²) in [6.07, 6.45) is 9.57. The van der Waals surface area contributed by atoms with E-state index in [4.69, 9.17) is 4.74 Å². The van der Waals surface area contributed by atoms with Gasteiger partial charge in [-0.05, 0) is 24.5 Å². The first-order valence-corrected chi connectivity index (χ1v) is 12.4. The number of pyridine rings is 3. The molecule has 0 spiro atoms. The van der Waals surface area contributed by atoms with Gasteiger partial charge in [-0.15, -0.1) is 0 Å². The minimum atomic E-state index is -0.541. The molecule has 9 nitrogen and oxygen atoms in total. The lowest BCUT2D eigenvalue weighted by atomic mass is 9.83. The number of nitrogens with one attached hydrogen (secondary N) is 1. The first-order chi connectivity index (χ1) is 17.1. The van der Waals surface area contributed by atoms with Gasteiger partial charge in [0.25, 0.3) is 11.5 Å². The number of aromatic nitrogens is 3. The van der Waals surface area contributed by atoms with Crippen LogP contribution in [0.5, 0.6) is 5.75 Å². The first-order valence-electron chi connectivity index (χ1n) is 12.4. The zero-order valence-electron chi connectivity index (χ0n) is 19.8. The average Bonchev–Trinajstić information content (AvgIpc) is 2.86. The molecule has 4 heterocycles. The van der Waals surface area contributed by atoms with E-state index in [0.29, 0.717) is 49.8 Å². The minimum Gasteiger partial charge on any atom is -0.506 e.